The molecule has 0 bridgehead atoms. The van der Waals surface area contributed by atoms with Gasteiger partial charge in [0, 0.05) is 45.8 Å². The fourth-order valence-electron chi connectivity index (χ4n) is 9.36. The molecule has 306 valence electrons. The molecule has 0 saturated heterocycles. The van der Waals surface area contributed by atoms with Gasteiger partial charge in [-0.2, -0.15) is 0 Å². The third-order valence-electron chi connectivity index (χ3n) is 12.6. The van der Waals surface area contributed by atoms with E-state index in [1.165, 1.54) is 50.1 Å². The summed E-state index contributed by atoms with van der Waals surface area (Å²) < 4.78 is 6.66. The van der Waals surface area contributed by atoms with E-state index in [1.807, 2.05) is 0 Å². The molecule has 0 radical (unpaired) electrons. The van der Waals surface area contributed by atoms with Crippen LogP contribution in [0.1, 0.15) is 18.2 Å². The van der Waals surface area contributed by atoms with Crippen molar-refractivity contribution in [3.05, 3.63) is 254 Å². The first-order valence-electron chi connectivity index (χ1n) is 22.0. The van der Waals surface area contributed by atoms with Crippen LogP contribution in [0.15, 0.2) is 247 Å². The zero-order valence-corrected chi connectivity index (χ0v) is 35.7. The summed E-state index contributed by atoms with van der Waals surface area (Å²) in [4.78, 5) is 4.85. The highest BCUT2D eigenvalue weighted by atomic mass is 16.3. The molecule has 11 rings (SSSR count). The van der Waals surface area contributed by atoms with Gasteiger partial charge in [0.2, 0.25) is 0 Å². The molecule has 3 heteroatoms. The molecule has 0 N–H and O–H groups in total. The topological polar surface area (TPSA) is 19.6 Å². The summed E-state index contributed by atoms with van der Waals surface area (Å²) in [5.41, 5.74) is 16.7. The molecule has 1 heterocycles. The third kappa shape index (κ3) is 7.48. The van der Waals surface area contributed by atoms with Crippen molar-refractivity contribution in [3.63, 3.8) is 0 Å². The molecule has 1 aliphatic rings. The van der Waals surface area contributed by atoms with Gasteiger partial charge in [0.1, 0.15) is 11.3 Å². The van der Waals surface area contributed by atoms with Crippen molar-refractivity contribution in [1.29, 1.82) is 0 Å². The molecular formula is C61H46N2O. The van der Waals surface area contributed by atoms with Crippen LogP contribution in [-0.2, 0) is 6.42 Å². The molecule has 1 atom stereocenters. The van der Waals surface area contributed by atoms with Crippen LogP contribution in [0.5, 0.6) is 0 Å². The summed E-state index contributed by atoms with van der Waals surface area (Å²) in [6, 6.07) is 84.8. The Morgan fingerprint density at radius 3 is 1.11 bits per heavy atom. The quantitative estimate of drug-likeness (QED) is 0.137. The lowest BCUT2D eigenvalue weighted by Gasteiger charge is -2.43. The first kappa shape index (κ1) is 38.8. The SMILES string of the molecule is CC1(N(c2ccc(-c3ccccc3)cc2)c2ccc(-c3ccccc3)cc2)C=Cc2oc3ccc(N(c4ccc(-c5ccccc5)cc4)c4ccc(-c5ccccc5)cc4)cc3c2C1. The van der Waals surface area contributed by atoms with Crippen molar-refractivity contribution in [2.75, 3.05) is 9.80 Å². The van der Waals surface area contributed by atoms with Gasteiger partial charge in [-0.3, -0.25) is 0 Å². The van der Waals surface area contributed by atoms with E-state index in [0.29, 0.717) is 0 Å². The first-order chi connectivity index (χ1) is 31.6. The lowest BCUT2D eigenvalue weighted by molar-refractivity contribution is 0.535. The van der Waals surface area contributed by atoms with Crippen LogP contribution in [0.2, 0.25) is 0 Å². The van der Waals surface area contributed by atoms with Gasteiger partial charge in [-0.25, -0.2) is 0 Å². The van der Waals surface area contributed by atoms with Crippen molar-refractivity contribution in [3.8, 4) is 44.5 Å². The molecule has 3 nitrogen and oxygen atoms in total. The smallest absolute Gasteiger partial charge is 0.135 e. The molecular weight excluding hydrogens is 777 g/mol. The van der Waals surface area contributed by atoms with E-state index in [1.54, 1.807) is 0 Å². The molecule has 0 aliphatic heterocycles. The number of fused-ring (bicyclic) bond motifs is 3. The van der Waals surface area contributed by atoms with Crippen molar-refractivity contribution in [2.24, 2.45) is 0 Å². The predicted octanol–water partition coefficient (Wildman–Crippen LogP) is 16.7. The van der Waals surface area contributed by atoms with Crippen LogP contribution in [-0.4, -0.2) is 5.54 Å². The molecule has 0 saturated carbocycles. The highest BCUT2D eigenvalue weighted by molar-refractivity contribution is 5.92. The van der Waals surface area contributed by atoms with Gasteiger partial charge in [0.25, 0.3) is 0 Å². The van der Waals surface area contributed by atoms with Crippen LogP contribution in [0, 0.1) is 0 Å². The molecule has 1 unspecified atom stereocenters. The Morgan fingerprint density at radius 2 is 0.719 bits per heavy atom. The van der Waals surface area contributed by atoms with Gasteiger partial charge in [-0.1, -0.05) is 176 Å². The summed E-state index contributed by atoms with van der Waals surface area (Å²) >= 11 is 0. The van der Waals surface area contributed by atoms with Crippen molar-refractivity contribution in [1.82, 2.24) is 0 Å². The third-order valence-corrected chi connectivity index (χ3v) is 12.6. The molecule has 9 aromatic carbocycles. The maximum Gasteiger partial charge on any atom is 0.135 e. The van der Waals surface area contributed by atoms with Gasteiger partial charge in [-0.15, -0.1) is 0 Å². The second kappa shape index (κ2) is 16.6. The van der Waals surface area contributed by atoms with Crippen LogP contribution in [0.4, 0.5) is 28.4 Å². The van der Waals surface area contributed by atoms with E-state index < -0.39 is 5.54 Å². The summed E-state index contributed by atoms with van der Waals surface area (Å²) in [5.74, 6) is 0.911. The number of nitrogens with zero attached hydrogens (tertiary/aromatic N) is 2. The van der Waals surface area contributed by atoms with Crippen LogP contribution < -0.4 is 9.80 Å². The molecule has 10 aromatic rings. The maximum atomic E-state index is 6.66. The number of hydrogen-bond donors (Lipinski definition) is 0. The van der Waals surface area contributed by atoms with Gasteiger partial charge < -0.3 is 14.2 Å². The molecule has 0 amide bonds. The summed E-state index contributed by atoms with van der Waals surface area (Å²) in [5, 5.41) is 1.12. The fraction of sp³-hybridized carbons (Fsp3) is 0.0492. The molecule has 64 heavy (non-hydrogen) atoms. The Labute approximate surface area is 375 Å². The minimum Gasteiger partial charge on any atom is -0.456 e. The van der Waals surface area contributed by atoms with Crippen LogP contribution >= 0.6 is 0 Å². The Balaban J connectivity index is 0.990. The minimum atomic E-state index is -0.428. The standard InChI is InChI=1S/C61H46N2O/c1-61(63(54-34-26-50(27-35-54)46-18-10-4-11-19-46)55-36-28-51(29-37-55)47-20-12-5-13-21-47)41-40-60-58(43-61)57-42-56(38-39-59(57)64-60)62(52-30-22-48(23-31-52)44-14-6-2-7-15-44)53-32-24-49(25-33-53)45-16-8-3-9-17-45/h2-42H,43H2,1H3. The van der Waals surface area contributed by atoms with Crippen molar-refractivity contribution >= 4 is 45.5 Å². The normalized spacial score (nSPS) is 14.3. The lowest BCUT2D eigenvalue weighted by Crippen LogP contribution is -2.44. The average molecular weight is 823 g/mol. The second-order valence-corrected chi connectivity index (χ2v) is 16.8. The monoisotopic (exact) mass is 822 g/mol. The van der Waals surface area contributed by atoms with Crippen LogP contribution in [0.3, 0.4) is 0 Å². The second-order valence-electron chi connectivity index (χ2n) is 16.8. The molecule has 0 fully saturated rings. The Morgan fingerprint density at radius 1 is 0.375 bits per heavy atom. The maximum absolute atomic E-state index is 6.66. The van der Waals surface area contributed by atoms with E-state index in [0.717, 1.165) is 51.6 Å². The number of rotatable bonds is 10. The number of hydrogen-bond acceptors (Lipinski definition) is 3. The lowest BCUT2D eigenvalue weighted by atomic mass is 9.84. The van der Waals surface area contributed by atoms with E-state index in [-0.39, 0.29) is 0 Å². The summed E-state index contributed by atoms with van der Waals surface area (Å²) in [6.45, 7) is 2.35. The Bertz CT molecular complexity index is 3030. The fourth-order valence-corrected chi connectivity index (χ4v) is 9.36. The minimum absolute atomic E-state index is 0.428. The van der Waals surface area contributed by atoms with Gasteiger partial charge in [0.15, 0.2) is 0 Å². The van der Waals surface area contributed by atoms with Crippen molar-refractivity contribution < 1.29 is 4.42 Å². The predicted molar refractivity (Wildman–Crippen MR) is 269 cm³/mol. The van der Waals surface area contributed by atoms with Crippen LogP contribution in [0.25, 0.3) is 61.6 Å². The van der Waals surface area contributed by atoms with E-state index >= 15 is 0 Å². The molecule has 1 aliphatic carbocycles. The Hall–Kier alpha value is -8.14. The summed E-state index contributed by atoms with van der Waals surface area (Å²) in [7, 11) is 0. The molecule has 1 aromatic heterocycles. The van der Waals surface area contributed by atoms with Gasteiger partial charge >= 0.3 is 0 Å². The zero-order chi connectivity index (χ0) is 42.9. The van der Waals surface area contributed by atoms with E-state index in [2.05, 4.69) is 265 Å². The van der Waals surface area contributed by atoms with Gasteiger partial charge in [-0.05, 0) is 124 Å². The van der Waals surface area contributed by atoms with Gasteiger partial charge in [0.05, 0.1) is 5.54 Å². The number of anilines is 5. The Kier molecular flexibility index (Phi) is 10.1. The van der Waals surface area contributed by atoms with Crippen molar-refractivity contribution in [2.45, 2.75) is 18.9 Å². The zero-order valence-electron chi connectivity index (χ0n) is 35.7. The van der Waals surface area contributed by atoms with E-state index in [4.69, 9.17) is 4.42 Å². The highest BCUT2D eigenvalue weighted by Gasteiger charge is 2.36. The largest absolute Gasteiger partial charge is 0.456 e. The van der Waals surface area contributed by atoms with E-state index in [9.17, 15) is 0 Å². The average Bonchev–Trinajstić information content (AvgIpc) is 3.73. The highest BCUT2D eigenvalue weighted by Crippen LogP contribution is 2.45. The summed E-state index contributed by atoms with van der Waals surface area (Å²) in [6.07, 6.45) is 5.25. The number of benzene rings is 9. The number of furan rings is 1. The first-order valence-corrected chi connectivity index (χ1v) is 22.0. The molecule has 0 spiro atoms.